The van der Waals surface area contributed by atoms with Crippen molar-refractivity contribution in [1.29, 1.82) is 0 Å². The first-order chi connectivity index (χ1) is 8.17. The first kappa shape index (κ1) is 13.6. The number of carboxylic acid groups (broad SMARTS) is 1. The number of aryl methyl sites for hydroxylation is 1. The Kier molecular flexibility index (Phi) is 5.59. The molecule has 0 bridgehead atoms. The van der Waals surface area contributed by atoms with Gasteiger partial charge in [-0.05, 0) is 37.0 Å². The predicted octanol–water partition coefficient (Wildman–Crippen LogP) is 0.703. The van der Waals surface area contributed by atoms with Gasteiger partial charge in [-0.15, -0.1) is 0 Å². The van der Waals surface area contributed by atoms with Crippen LogP contribution in [0.5, 0.6) is 0 Å². The van der Waals surface area contributed by atoms with Gasteiger partial charge in [-0.3, -0.25) is 0 Å². The molecule has 0 aliphatic rings. The molecule has 0 spiro atoms. The summed E-state index contributed by atoms with van der Waals surface area (Å²) in [6.07, 6.45) is 3.72. The molecule has 1 aromatic heterocycles. The van der Waals surface area contributed by atoms with Crippen LogP contribution < -0.4 is 0 Å². The Bertz CT molecular complexity index is 363. The number of hydrogen-bond acceptors (Lipinski definition) is 4. The standard InChI is InChI=1S/C12H17NO4/c14-7-10(8-15)3-1-2-9-4-5-13-11(6-9)12(16)17/h4-6,10,14-15H,1-3,7-8H2,(H,16,17). The summed E-state index contributed by atoms with van der Waals surface area (Å²) in [4.78, 5) is 14.4. The van der Waals surface area contributed by atoms with Crippen LogP contribution in [0.1, 0.15) is 28.9 Å². The van der Waals surface area contributed by atoms with Crippen LogP contribution in [0.25, 0.3) is 0 Å². The fourth-order valence-electron chi connectivity index (χ4n) is 1.58. The van der Waals surface area contributed by atoms with E-state index in [2.05, 4.69) is 4.98 Å². The van der Waals surface area contributed by atoms with Gasteiger partial charge in [0, 0.05) is 25.3 Å². The van der Waals surface area contributed by atoms with Crippen LogP contribution >= 0.6 is 0 Å². The highest BCUT2D eigenvalue weighted by Gasteiger charge is 2.07. The number of hydrogen-bond donors (Lipinski definition) is 3. The number of aliphatic hydroxyl groups excluding tert-OH is 2. The summed E-state index contributed by atoms with van der Waals surface area (Å²) in [5, 5.41) is 26.6. The number of aromatic carboxylic acids is 1. The number of pyridine rings is 1. The van der Waals surface area contributed by atoms with Crippen LogP contribution in [0.3, 0.4) is 0 Å². The first-order valence-corrected chi connectivity index (χ1v) is 5.57. The number of nitrogens with zero attached hydrogens (tertiary/aromatic N) is 1. The zero-order chi connectivity index (χ0) is 12.7. The average molecular weight is 239 g/mol. The monoisotopic (exact) mass is 239 g/mol. The molecule has 1 aromatic rings. The molecule has 0 aromatic carbocycles. The van der Waals surface area contributed by atoms with Gasteiger partial charge in [0.05, 0.1) is 0 Å². The van der Waals surface area contributed by atoms with Crippen LogP contribution in [0.4, 0.5) is 0 Å². The van der Waals surface area contributed by atoms with Crippen molar-refractivity contribution in [2.24, 2.45) is 5.92 Å². The molecule has 5 nitrogen and oxygen atoms in total. The van der Waals surface area contributed by atoms with Crippen molar-refractivity contribution in [3.63, 3.8) is 0 Å². The summed E-state index contributed by atoms with van der Waals surface area (Å²) in [7, 11) is 0. The summed E-state index contributed by atoms with van der Waals surface area (Å²) < 4.78 is 0. The summed E-state index contributed by atoms with van der Waals surface area (Å²) in [5.41, 5.74) is 0.954. The maximum Gasteiger partial charge on any atom is 0.354 e. The number of carbonyl (C=O) groups is 1. The Hall–Kier alpha value is -1.46. The van der Waals surface area contributed by atoms with Gasteiger partial charge in [0.25, 0.3) is 0 Å². The summed E-state index contributed by atoms with van der Waals surface area (Å²) in [6.45, 7) is -0.0412. The van der Waals surface area contributed by atoms with E-state index in [4.69, 9.17) is 15.3 Å². The highest BCUT2D eigenvalue weighted by molar-refractivity contribution is 5.85. The van der Waals surface area contributed by atoms with Crippen molar-refractivity contribution < 1.29 is 20.1 Å². The molecule has 0 amide bonds. The van der Waals surface area contributed by atoms with Crippen LogP contribution in [0.2, 0.25) is 0 Å². The van der Waals surface area contributed by atoms with Crippen molar-refractivity contribution in [3.8, 4) is 0 Å². The van der Waals surface area contributed by atoms with Crippen molar-refractivity contribution >= 4 is 5.97 Å². The quantitative estimate of drug-likeness (QED) is 0.651. The van der Waals surface area contributed by atoms with Crippen LogP contribution in [0.15, 0.2) is 18.3 Å². The Morgan fingerprint density at radius 3 is 2.65 bits per heavy atom. The Balaban J connectivity index is 2.46. The number of aliphatic hydroxyl groups is 2. The summed E-state index contributed by atoms with van der Waals surface area (Å²) in [6, 6.07) is 3.33. The van der Waals surface area contributed by atoms with E-state index in [-0.39, 0.29) is 24.8 Å². The molecule has 0 saturated carbocycles. The SMILES string of the molecule is O=C(O)c1cc(CCCC(CO)CO)ccn1. The maximum absolute atomic E-state index is 10.7. The predicted molar refractivity (Wildman–Crippen MR) is 61.8 cm³/mol. The van der Waals surface area contributed by atoms with E-state index in [9.17, 15) is 4.79 Å². The molecular weight excluding hydrogens is 222 g/mol. The molecule has 0 radical (unpaired) electrons. The van der Waals surface area contributed by atoms with Gasteiger partial charge in [-0.1, -0.05) is 0 Å². The molecule has 0 unspecified atom stereocenters. The van der Waals surface area contributed by atoms with Gasteiger partial charge in [-0.25, -0.2) is 9.78 Å². The van der Waals surface area contributed by atoms with Gasteiger partial charge >= 0.3 is 5.97 Å². The lowest BCUT2D eigenvalue weighted by atomic mass is 10.0. The minimum atomic E-state index is -1.03. The topological polar surface area (TPSA) is 90.7 Å². The zero-order valence-electron chi connectivity index (χ0n) is 9.54. The number of rotatable bonds is 7. The largest absolute Gasteiger partial charge is 0.477 e. The van der Waals surface area contributed by atoms with Crippen LogP contribution in [0, 0.1) is 5.92 Å². The molecule has 0 aliphatic heterocycles. The van der Waals surface area contributed by atoms with Crippen molar-refractivity contribution in [2.45, 2.75) is 19.3 Å². The van der Waals surface area contributed by atoms with E-state index in [1.165, 1.54) is 6.20 Å². The van der Waals surface area contributed by atoms with E-state index >= 15 is 0 Å². The second kappa shape index (κ2) is 6.98. The van der Waals surface area contributed by atoms with Crippen molar-refractivity contribution in [3.05, 3.63) is 29.6 Å². The molecule has 94 valence electrons. The zero-order valence-corrected chi connectivity index (χ0v) is 9.54. The molecule has 0 fully saturated rings. The Morgan fingerprint density at radius 1 is 1.35 bits per heavy atom. The molecule has 1 rings (SSSR count). The minimum absolute atomic E-state index is 0.0206. The lowest BCUT2D eigenvalue weighted by molar-refractivity contribution is 0.0690. The smallest absolute Gasteiger partial charge is 0.354 e. The van der Waals surface area contributed by atoms with E-state index in [1.54, 1.807) is 12.1 Å². The Labute approximate surface area is 99.7 Å². The lowest BCUT2D eigenvalue weighted by Gasteiger charge is -2.10. The van der Waals surface area contributed by atoms with E-state index in [1.807, 2.05) is 0 Å². The van der Waals surface area contributed by atoms with Crippen LogP contribution in [-0.2, 0) is 6.42 Å². The molecule has 3 N–H and O–H groups in total. The van der Waals surface area contributed by atoms with E-state index < -0.39 is 5.97 Å². The normalized spacial score (nSPS) is 10.8. The van der Waals surface area contributed by atoms with Gasteiger partial charge in [-0.2, -0.15) is 0 Å². The highest BCUT2D eigenvalue weighted by atomic mass is 16.4. The minimum Gasteiger partial charge on any atom is -0.477 e. The number of carboxylic acids is 1. The molecule has 0 saturated heterocycles. The maximum atomic E-state index is 10.7. The van der Waals surface area contributed by atoms with Crippen molar-refractivity contribution in [2.75, 3.05) is 13.2 Å². The lowest BCUT2D eigenvalue weighted by Crippen LogP contribution is -2.11. The average Bonchev–Trinajstić information content (AvgIpc) is 2.35. The summed E-state index contributed by atoms with van der Waals surface area (Å²) >= 11 is 0. The molecule has 0 aliphatic carbocycles. The Morgan fingerprint density at radius 2 is 2.06 bits per heavy atom. The third-order valence-electron chi connectivity index (χ3n) is 2.64. The second-order valence-corrected chi connectivity index (χ2v) is 3.98. The fourth-order valence-corrected chi connectivity index (χ4v) is 1.58. The van der Waals surface area contributed by atoms with Gasteiger partial charge in [0.2, 0.25) is 0 Å². The van der Waals surface area contributed by atoms with Crippen molar-refractivity contribution in [1.82, 2.24) is 4.98 Å². The van der Waals surface area contributed by atoms with Gasteiger partial charge in [0.15, 0.2) is 0 Å². The highest BCUT2D eigenvalue weighted by Crippen LogP contribution is 2.11. The third kappa shape index (κ3) is 4.50. The second-order valence-electron chi connectivity index (χ2n) is 3.98. The molecule has 5 heteroatoms. The van der Waals surface area contributed by atoms with Crippen LogP contribution in [-0.4, -0.2) is 39.5 Å². The van der Waals surface area contributed by atoms with Gasteiger partial charge < -0.3 is 15.3 Å². The number of aromatic nitrogens is 1. The molecule has 17 heavy (non-hydrogen) atoms. The van der Waals surface area contributed by atoms with E-state index in [0.717, 1.165) is 24.8 Å². The summed E-state index contributed by atoms with van der Waals surface area (Å²) in [5.74, 6) is -1.12. The molecule has 0 atom stereocenters. The first-order valence-electron chi connectivity index (χ1n) is 5.57. The fraction of sp³-hybridized carbons (Fsp3) is 0.500. The van der Waals surface area contributed by atoms with Gasteiger partial charge in [0.1, 0.15) is 5.69 Å². The molecule has 1 heterocycles. The molecular formula is C12H17NO4. The van der Waals surface area contributed by atoms with E-state index in [0.29, 0.717) is 0 Å². The third-order valence-corrected chi connectivity index (χ3v) is 2.64.